The van der Waals surface area contributed by atoms with Gasteiger partial charge in [-0.05, 0) is 32.7 Å². The number of aryl methyl sites for hydroxylation is 1. The zero-order chi connectivity index (χ0) is 13.5. The highest BCUT2D eigenvalue weighted by molar-refractivity contribution is 7.09. The fourth-order valence-corrected chi connectivity index (χ4v) is 3.03. The van der Waals surface area contributed by atoms with Crippen LogP contribution in [0.5, 0.6) is 0 Å². The third-order valence-corrected chi connectivity index (χ3v) is 4.11. The second kappa shape index (κ2) is 7.41. The monoisotopic (exact) mass is 274 g/mol. The van der Waals surface area contributed by atoms with E-state index in [-0.39, 0.29) is 0 Å². The van der Waals surface area contributed by atoms with Crippen molar-refractivity contribution >= 4 is 11.3 Å². The molecule has 0 bridgehead atoms. The Morgan fingerprint density at radius 3 is 2.79 bits per heavy atom. The Balaban J connectivity index is 1.85. The van der Waals surface area contributed by atoms with Crippen LogP contribution in [0.1, 0.15) is 31.7 Å². The lowest BCUT2D eigenvalue weighted by atomic mass is 10.1. The first-order valence-corrected chi connectivity index (χ1v) is 7.90. The Kier molecular flexibility index (Phi) is 5.55. The molecule has 19 heavy (non-hydrogen) atoms. The van der Waals surface area contributed by atoms with Gasteiger partial charge in [0, 0.05) is 17.0 Å². The minimum Gasteiger partial charge on any atom is -0.315 e. The topological polar surface area (TPSA) is 24.9 Å². The Hall–Kier alpha value is -1.19. The molecular formula is C16H22N2S. The molecule has 0 aliphatic heterocycles. The van der Waals surface area contributed by atoms with E-state index in [1.54, 1.807) is 11.3 Å². The molecule has 1 aromatic heterocycles. The van der Waals surface area contributed by atoms with Gasteiger partial charge in [0.05, 0.1) is 10.7 Å². The lowest BCUT2D eigenvalue weighted by molar-refractivity contribution is 0.512. The van der Waals surface area contributed by atoms with Crippen LogP contribution < -0.4 is 5.32 Å². The average Bonchev–Trinajstić information content (AvgIpc) is 2.89. The van der Waals surface area contributed by atoms with E-state index >= 15 is 0 Å². The summed E-state index contributed by atoms with van der Waals surface area (Å²) < 4.78 is 0. The fourth-order valence-electron chi connectivity index (χ4n) is 2.18. The van der Waals surface area contributed by atoms with Crippen LogP contribution in [-0.2, 0) is 6.42 Å². The van der Waals surface area contributed by atoms with Gasteiger partial charge in [0.15, 0.2) is 0 Å². The molecule has 2 rings (SSSR count). The van der Waals surface area contributed by atoms with Crippen LogP contribution in [0.2, 0.25) is 0 Å². The zero-order valence-electron chi connectivity index (χ0n) is 11.7. The van der Waals surface area contributed by atoms with Gasteiger partial charge in [0.1, 0.15) is 0 Å². The molecule has 0 amide bonds. The quantitative estimate of drug-likeness (QED) is 0.821. The highest BCUT2D eigenvalue weighted by Gasteiger charge is 2.05. The van der Waals surface area contributed by atoms with E-state index in [0.29, 0.717) is 6.04 Å². The zero-order valence-corrected chi connectivity index (χ0v) is 12.5. The molecule has 0 fully saturated rings. The molecule has 1 unspecified atom stereocenters. The lowest BCUT2D eigenvalue weighted by Gasteiger charge is -2.10. The van der Waals surface area contributed by atoms with Crippen LogP contribution in [0.15, 0.2) is 35.7 Å². The van der Waals surface area contributed by atoms with E-state index in [4.69, 9.17) is 4.98 Å². The van der Waals surface area contributed by atoms with Crippen molar-refractivity contribution in [3.8, 4) is 11.3 Å². The molecule has 0 saturated heterocycles. The van der Waals surface area contributed by atoms with Crippen molar-refractivity contribution < 1.29 is 0 Å². The Labute approximate surface area is 119 Å². The molecular weight excluding hydrogens is 252 g/mol. The second-order valence-electron chi connectivity index (χ2n) is 4.84. The molecule has 102 valence electrons. The predicted octanol–water partition coefficient (Wildman–Crippen LogP) is 4.13. The number of hydrogen-bond acceptors (Lipinski definition) is 3. The summed E-state index contributed by atoms with van der Waals surface area (Å²) >= 11 is 1.78. The van der Waals surface area contributed by atoms with Crippen LogP contribution in [0.3, 0.4) is 0 Å². The minimum absolute atomic E-state index is 0.610. The Bertz CT molecular complexity index is 479. The van der Waals surface area contributed by atoms with Crippen molar-refractivity contribution in [2.24, 2.45) is 0 Å². The summed E-state index contributed by atoms with van der Waals surface area (Å²) in [6.45, 7) is 5.46. The van der Waals surface area contributed by atoms with Gasteiger partial charge in [0.2, 0.25) is 0 Å². The van der Waals surface area contributed by atoms with E-state index in [1.165, 1.54) is 23.4 Å². The van der Waals surface area contributed by atoms with Crippen LogP contribution in [0.4, 0.5) is 0 Å². The number of aromatic nitrogens is 1. The smallest absolute Gasteiger partial charge is 0.0932 e. The van der Waals surface area contributed by atoms with Gasteiger partial charge in [0.25, 0.3) is 0 Å². The summed E-state index contributed by atoms with van der Waals surface area (Å²) in [6, 6.07) is 11.0. The van der Waals surface area contributed by atoms with Crippen molar-refractivity contribution in [3.05, 3.63) is 40.7 Å². The van der Waals surface area contributed by atoms with Gasteiger partial charge in [-0.2, -0.15) is 0 Å². The SMILES string of the molecule is CCNC(C)CCCc1nc(-c2ccccc2)cs1. The lowest BCUT2D eigenvalue weighted by Crippen LogP contribution is -2.25. The highest BCUT2D eigenvalue weighted by Crippen LogP contribution is 2.22. The van der Waals surface area contributed by atoms with Crippen molar-refractivity contribution in [2.75, 3.05) is 6.54 Å². The molecule has 1 heterocycles. The summed E-state index contributed by atoms with van der Waals surface area (Å²) in [7, 11) is 0. The number of thiazole rings is 1. The third-order valence-electron chi connectivity index (χ3n) is 3.20. The normalized spacial score (nSPS) is 12.5. The second-order valence-corrected chi connectivity index (χ2v) is 5.79. The maximum absolute atomic E-state index is 4.72. The Morgan fingerprint density at radius 1 is 1.26 bits per heavy atom. The van der Waals surface area contributed by atoms with E-state index in [2.05, 4.69) is 48.8 Å². The summed E-state index contributed by atoms with van der Waals surface area (Å²) in [5, 5.41) is 6.86. The molecule has 0 saturated carbocycles. The van der Waals surface area contributed by atoms with Crippen LogP contribution >= 0.6 is 11.3 Å². The summed E-state index contributed by atoms with van der Waals surface area (Å²) in [6.07, 6.45) is 3.51. The van der Waals surface area contributed by atoms with Gasteiger partial charge in [-0.25, -0.2) is 4.98 Å². The Morgan fingerprint density at radius 2 is 2.05 bits per heavy atom. The van der Waals surface area contributed by atoms with Gasteiger partial charge in [-0.1, -0.05) is 37.3 Å². The first kappa shape index (κ1) is 14.2. The van der Waals surface area contributed by atoms with E-state index < -0.39 is 0 Å². The number of rotatable bonds is 7. The maximum atomic E-state index is 4.72. The molecule has 0 aliphatic rings. The van der Waals surface area contributed by atoms with Crippen LogP contribution in [0, 0.1) is 0 Å². The van der Waals surface area contributed by atoms with Crippen molar-refractivity contribution in [1.29, 1.82) is 0 Å². The van der Waals surface area contributed by atoms with E-state index in [9.17, 15) is 0 Å². The average molecular weight is 274 g/mol. The number of hydrogen-bond donors (Lipinski definition) is 1. The van der Waals surface area contributed by atoms with Gasteiger partial charge >= 0.3 is 0 Å². The summed E-state index contributed by atoms with van der Waals surface area (Å²) in [5.74, 6) is 0. The largest absolute Gasteiger partial charge is 0.315 e. The number of nitrogens with one attached hydrogen (secondary N) is 1. The highest BCUT2D eigenvalue weighted by atomic mass is 32.1. The van der Waals surface area contributed by atoms with Gasteiger partial charge in [-0.3, -0.25) is 0 Å². The first-order valence-electron chi connectivity index (χ1n) is 7.02. The predicted molar refractivity (Wildman–Crippen MR) is 83.6 cm³/mol. The van der Waals surface area contributed by atoms with Crippen LogP contribution in [-0.4, -0.2) is 17.6 Å². The molecule has 3 heteroatoms. The van der Waals surface area contributed by atoms with Crippen molar-refractivity contribution in [2.45, 2.75) is 39.2 Å². The fraction of sp³-hybridized carbons (Fsp3) is 0.438. The molecule has 0 radical (unpaired) electrons. The molecule has 1 aromatic carbocycles. The number of benzene rings is 1. The first-order chi connectivity index (χ1) is 9.29. The third kappa shape index (κ3) is 4.44. The van der Waals surface area contributed by atoms with Gasteiger partial charge in [-0.15, -0.1) is 11.3 Å². The van der Waals surface area contributed by atoms with Crippen molar-refractivity contribution in [3.63, 3.8) is 0 Å². The minimum atomic E-state index is 0.610. The van der Waals surface area contributed by atoms with E-state index in [0.717, 1.165) is 18.7 Å². The standard InChI is InChI=1S/C16H22N2S/c1-3-17-13(2)8-7-11-16-18-15(12-19-16)14-9-5-4-6-10-14/h4-6,9-10,12-13,17H,3,7-8,11H2,1-2H3. The molecule has 2 aromatic rings. The molecule has 1 atom stereocenters. The van der Waals surface area contributed by atoms with E-state index in [1.807, 2.05) is 6.07 Å². The summed E-state index contributed by atoms with van der Waals surface area (Å²) in [4.78, 5) is 4.72. The molecule has 2 nitrogen and oxygen atoms in total. The van der Waals surface area contributed by atoms with Crippen molar-refractivity contribution in [1.82, 2.24) is 10.3 Å². The molecule has 0 spiro atoms. The molecule has 1 N–H and O–H groups in total. The number of nitrogens with zero attached hydrogens (tertiary/aromatic N) is 1. The molecule has 0 aliphatic carbocycles. The maximum Gasteiger partial charge on any atom is 0.0932 e. The van der Waals surface area contributed by atoms with Crippen LogP contribution in [0.25, 0.3) is 11.3 Å². The van der Waals surface area contributed by atoms with Gasteiger partial charge < -0.3 is 5.32 Å². The summed E-state index contributed by atoms with van der Waals surface area (Å²) in [5.41, 5.74) is 2.33.